The van der Waals surface area contributed by atoms with Gasteiger partial charge in [-0.3, -0.25) is 4.90 Å². The Morgan fingerprint density at radius 2 is 1.74 bits per heavy atom. The van der Waals surface area contributed by atoms with Gasteiger partial charge in [0.2, 0.25) is 0 Å². The molecule has 0 saturated carbocycles. The van der Waals surface area contributed by atoms with Crippen molar-refractivity contribution < 1.29 is 14.6 Å². The standard InChI is InChI=1S/C15H23NO3.C4H10/c1-4-16-7-5-11-9-14(18-2)15(19-3)10-12(11)13(16)6-8-17;1-4(2)3/h9-10,13,17H,4-8H2,1-3H3;4H,1-3H3. The molecule has 0 spiro atoms. The van der Waals surface area contributed by atoms with Crippen LogP contribution in [-0.2, 0) is 6.42 Å². The Labute approximate surface area is 141 Å². The van der Waals surface area contributed by atoms with E-state index in [9.17, 15) is 5.11 Å². The molecule has 4 heteroatoms. The molecule has 1 aromatic rings. The zero-order valence-corrected chi connectivity index (χ0v) is 15.6. The number of fused-ring (bicyclic) bond motifs is 1. The molecule has 0 aliphatic carbocycles. The Balaban J connectivity index is 0.000000593. The molecule has 0 saturated heterocycles. The SMILES string of the molecule is CC(C)C.CCN1CCc2cc(OC)c(OC)cc2C1CCO. The fourth-order valence-electron chi connectivity index (χ4n) is 2.92. The van der Waals surface area contributed by atoms with E-state index in [1.165, 1.54) is 11.1 Å². The topological polar surface area (TPSA) is 41.9 Å². The van der Waals surface area contributed by atoms with Crippen LogP contribution in [0.25, 0.3) is 0 Å². The quantitative estimate of drug-likeness (QED) is 0.898. The smallest absolute Gasteiger partial charge is 0.161 e. The van der Waals surface area contributed by atoms with Crippen LogP contribution in [0.3, 0.4) is 0 Å². The Kier molecular flexibility index (Phi) is 8.42. The first-order valence-electron chi connectivity index (χ1n) is 8.58. The Bertz CT molecular complexity index is 471. The molecule has 1 aliphatic rings. The van der Waals surface area contributed by atoms with Crippen molar-refractivity contribution in [2.24, 2.45) is 5.92 Å². The molecule has 1 heterocycles. The maximum Gasteiger partial charge on any atom is 0.161 e. The molecule has 0 amide bonds. The first kappa shape index (κ1) is 19.8. The van der Waals surface area contributed by atoms with Crippen LogP contribution in [0, 0.1) is 5.92 Å². The van der Waals surface area contributed by atoms with Gasteiger partial charge in [-0.1, -0.05) is 27.7 Å². The van der Waals surface area contributed by atoms with Crippen LogP contribution in [0.4, 0.5) is 0 Å². The van der Waals surface area contributed by atoms with Gasteiger partial charge >= 0.3 is 0 Å². The number of hydrogen-bond acceptors (Lipinski definition) is 4. The van der Waals surface area contributed by atoms with E-state index in [0.29, 0.717) is 0 Å². The van der Waals surface area contributed by atoms with Gasteiger partial charge in [0.15, 0.2) is 11.5 Å². The summed E-state index contributed by atoms with van der Waals surface area (Å²) in [6, 6.07) is 4.42. The van der Waals surface area contributed by atoms with Crippen molar-refractivity contribution in [2.75, 3.05) is 33.9 Å². The summed E-state index contributed by atoms with van der Waals surface area (Å²) < 4.78 is 10.8. The van der Waals surface area contributed by atoms with E-state index < -0.39 is 0 Å². The van der Waals surface area contributed by atoms with Gasteiger partial charge in [-0.15, -0.1) is 0 Å². The predicted octanol–water partition coefficient (Wildman–Crippen LogP) is 3.67. The van der Waals surface area contributed by atoms with Crippen LogP contribution < -0.4 is 9.47 Å². The first-order chi connectivity index (χ1) is 11.0. The molecule has 0 fully saturated rings. The number of nitrogens with zero attached hydrogens (tertiary/aromatic N) is 1. The summed E-state index contributed by atoms with van der Waals surface area (Å²) in [5.41, 5.74) is 2.57. The second-order valence-electron chi connectivity index (χ2n) is 6.54. The maximum atomic E-state index is 9.30. The van der Waals surface area contributed by atoms with Crippen LogP contribution in [0.2, 0.25) is 0 Å². The van der Waals surface area contributed by atoms with Crippen molar-refractivity contribution in [1.82, 2.24) is 4.90 Å². The van der Waals surface area contributed by atoms with Crippen LogP contribution in [0.15, 0.2) is 12.1 Å². The van der Waals surface area contributed by atoms with Gasteiger partial charge in [0.25, 0.3) is 0 Å². The Morgan fingerprint density at radius 3 is 2.22 bits per heavy atom. The Hall–Kier alpha value is -1.26. The summed E-state index contributed by atoms with van der Waals surface area (Å²) in [4.78, 5) is 2.41. The molecule has 1 aliphatic heterocycles. The summed E-state index contributed by atoms with van der Waals surface area (Å²) in [6.45, 7) is 10.9. The minimum Gasteiger partial charge on any atom is -0.493 e. The van der Waals surface area contributed by atoms with Gasteiger partial charge in [0.05, 0.1) is 14.2 Å². The molecule has 1 unspecified atom stereocenters. The lowest BCUT2D eigenvalue weighted by atomic mass is 9.90. The molecule has 4 nitrogen and oxygen atoms in total. The summed E-state index contributed by atoms with van der Waals surface area (Å²) in [6.07, 6.45) is 1.78. The predicted molar refractivity (Wildman–Crippen MR) is 95.5 cm³/mol. The van der Waals surface area contributed by atoms with Gasteiger partial charge < -0.3 is 14.6 Å². The molecule has 23 heavy (non-hydrogen) atoms. The van der Waals surface area contributed by atoms with Crippen molar-refractivity contribution in [2.45, 2.75) is 46.6 Å². The molecule has 2 rings (SSSR count). The van der Waals surface area contributed by atoms with Crippen LogP contribution in [0.5, 0.6) is 11.5 Å². The molecule has 1 atom stereocenters. The lowest BCUT2D eigenvalue weighted by Gasteiger charge is -2.37. The minimum atomic E-state index is 0.203. The van der Waals surface area contributed by atoms with Crippen molar-refractivity contribution in [3.8, 4) is 11.5 Å². The third-order valence-corrected chi connectivity index (χ3v) is 3.92. The summed E-state index contributed by atoms with van der Waals surface area (Å²) in [7, 11) is 3.32. The average molecular weight is 323 g/mol. The highest BCUT2D eigenvalue weighted by molar-refractivity contribution is 5.49. The molecule has 0 bridgehead atoms. The van der Waals surface area contributed by atoms with Crippen LogP contribution in [-0.4, -0.2) is 43.9 Å². The normalized spacial score (nSPS) is 17.3. The summed E-state index contributed by atoms with van der Waals surface area (Å²) in [5, 5.41) is 9.30. The summed E-state index contributed by atoms with van der Waals surface area (Å²) in [5.74, 6) is 2.39. The first-order valence-corrected chi connectivity index (χ1v) is 8.58. The second kappa shape index (κ2) is 9.78. The van der Waals surface area contributed by atoms with E-state index in [4.69, 9.17) is 9.47 Å². The van der Waals surface area contributed by atoms with Crippen molar-refractivity contribution in [1.29, 1.82) is 0 Å². The fraction of sp³-hybridized carbons (Fsp3) is 0.684. The largest absolute Gasteiger partial charge is 0.493 e. The zero-order valence-electron chi connectivity index (χ0n) is 15.6. The summed E-state index contributed by atoms with van der Waals surface area (Å²) >= 11 is 0. The van der Waals surface area contributed by atoms with Crippen LogP contribution >= 0.6 is 0 Å². The Morgan fingerprint density at radius 1 is 1.17 bits per heavy atom. The van der Waals surface area contributed by atoms with E-state index >= 15 is 0 Å². The second-order valence-corrected chi connectivity index (χ2v) is 6.54. The highest BCUT2D eigenvalue weighted by atomic mass is 16.5. The number of methoxy groups -OCH3 is 2. The van der Waals surface area contributed by atoms with Gasteiger partial charge in [0.1, 0.15) is 0 Å². The highest BCUT2D eigenvalue weighted by Crippen LogP contribution is 2.39. The molecular weight excluding hydrogens is 290 g/mol. The van der Waals surface area contributed by atoms with Gasteiger partial charge in [0, 0.05) is 19.2 Å². The number of ether oxygens (including phenoxy) is 2. The molecule has 0 radical (unpaired) electrons. The number of rotatable bonds is 5. The van der Waals surface area contributed by atoms with E-state index in [2.05, 4.69) is 44.7 Å². The van der Waals surface area contributed by atoms with E-state index in [1.807, 2.05) is 0 Å². The van der Waals surface area contributed by atoms with Gasteiger partial charge in [-0.05, 0) is 48.6 Å². The molecular formula is C19H33NO3. The number of likely N-dealkylation sites (N-methyl/N-ethyl adjacent to an activating group) is 1. The minimum absolute atomic E-state index is 0.203. The van der Waals surface area contributed by atoms with Gasteiger partial charge in [-0.25, -0.2) is 0 Å². The number of aliphatic hydroxyl groups is 1. The average Bonchev–Trinajstić information content (AvgIpc) is 2.53. The maximum absolute atomic E-state index is 9.30. The van der Waals surface area contributed by atoms with Crippen molar-refractivity contribution in [3.63, 3.8) is 0 Å². The van der Waals surface area contributed by atoms with Crippen molar-refractivity contribution in [3.05, 3.63) is 23.3 Å². The lowest BCUT2D eigenvalue weighted by molar-refractivity contribution is 0.153. The van der Waals surface area contributed by atoms with Crippen molar-refractivity contribution >= 4 is 0 Å². The highest BCUT2D eigenvalue weighted by Gasteiger charge is 2.27. The van der Waals surface area contributed by atoms with Gasteiger partial charge in [-0.2, -0.15) is 0 Å². The monoisotopic (exact) mass is 323 g/mol. The lowest BCUT2D eigenvalue weighted by Crippen LogP contribution is -2.35. The third-order valence-electron chi connectivity index (χ3n) is 3.92. The van der Waals surface area contributed by atoms with E-state index in [-0.39, 0.29) is 12.6 Å². The fourth-order valence-corrected chi connectivity index (χ4v) is 2.92. The third kappa shape index (κ3) is 5.40. The van der Waals surface area contributed by atoms with E-state index in [0.717, 1.165) is 43.3 Å². The molecule has 132 valence electrons. The zero-order chi connectivity index (χ0) is 17.4. The molecule has 1 aromatic carbocycles. The number of hydrogen-bond donors (Lipinski definition) is 1. The van der Waals surface area contributed by atoms with E-state index in [1.54, 1.807) is 14.2 Å². The molecule has 0 aromatic heterocycles. The molecule has 1 N–H and O–H groups in total. The van der Waals surface area contributed by atoms with Crippen LogP contribution in [0.1, 0.15) is 51.3 Å². The number of benzene rings is 1. The number of aliphatic hydroxyl groups excluding tert-OH is 1.